The van der Waals surface area contributed by atoms with E-state index >= 15 is 0 Å². The largest absolute Gasteiger partial charge is 0.361 e. The van der Waals surface area contributed by atoms with Crippen molar-refractivity contribution in [2.75, 3.05) is 6.54 Å². The standard InChI is InChI=1S/C15H22N2/c1-10-7-11(2)14-12(8-10)13(9-17-14)15(3,4)5-6-16/h7-9,17H,5-6,16H2,1-4H3. The van der Waals surface area contributed by atoms with Crippen LogP contribution in [-0.2, 0) is 5.41 Å². The van der Waals surface area contributed by atoms with E-state index < -0.39 is 0 Å². The number of hydrogen-bond donors (Lipinski definition) is 2. The first-order valence-corrected chi connectivity index (χ1v) is 6.24. The molecule has 0 unspecified atom stereocenters. The molecule has 0 atom stereocenters. The van der Waals surface area contributed by atoms with Gasteiger partial charge in [0.05, 0.1) is 0 Å². The first-order valence-electron chi connectivity index (χ1n) is 6.24. The molecule has 17 heavy (non-hydrogen) atoms. The molecule has 0 amide bonds. The smallest absolute Gasteiger partial charge is 0.0486 e. The SMILES string of the molecule is Cc1cc(C)c2[nH]cc(C(C)(C)CCN)c2c1. The van der Waals surface area contributed by atoms with Crippen molar-refractivity contribution in [1.82, 2.24) is 4.98 Å². The minimum absolute atomic E-state index is 0.132. The molecule has 0 aliphatic heterocycles. The lowest BCUT2D eigenvalue weighted by atomic mass is 9.81. The number of fused-ring (bicyclic) bond motifs is 1. The van der Waals surface area contributed by atoms with Crippen molar-refractivity contribution in [3.8, 4) is 0 Å². The van der Waals surface area contributed by atoms with Gasteiger partial charge in [0.1, 0.15) is 0 Å². The molecular weight excluding hydrogens is 208 g/mol. The second-order valence-electron chi connectivity index (χ2n) is 5.63. The third kappa shape index (κ3) is 2.09. The average Bonchev–Trinajstić information content (AvgIpc) is 2.61. The van der Waals surface area contributed by atoms with Gasteiger partial charge < -0.3 is 10.7 Å². The first kappa shape index (κ1) is 12.2. The molecule has 2 aromatic rings. The van der Waals surface area contributed by atoms with Gasteiger partial charge in [-0.2, -0.15) is 0 Å². The molecular formula is C15H22N2. The lowest BCUT2D eigenvalue weighted by Gasteiger charge is -2.23. The van der Waals surface area contributed by atoms with Crippen molar-refractivity contribution in [3.63, 3.8) is 0 Å². The highest BCUT2D eigenvalue weighted by molar-refractivity contribution is 5.87. The summed E-state index contributed by atoms with van der Waals surface area (Å²) >= 11 is 0. The Hall–Kier alpha value is -1.28. The lowest BCUT2D eigenvalue weighted by Crippen LogP contribution is -2.21. The third-order valence-corrected chi connectivity index (χ3v) is 3.63. The van der Waals surface area contributed by atoms with Crippen molar-refractivity contribution in [1.29, 1.82) is 0 Å². The van der Waals surface area contributed by atoms with Crippen LogP contribution in [0.3, 0.4) is 0 Å². The molecule has 0 radical (unpaired) electrons. The number of benzene rings is 1. The van der Waals surface area contributed by atoms with Crippen LogP contribution in [-0.4, -0.2) is 11.5 Å². The predicted molar refractivity (Wildman–Crippen MR) is 74.5 cm³/mol. The Bertz CT molecular complexity index is 535. The zero-order valence-electron chi connectivity index (χ0n) is 11.2. The van der Waals surface area contributed by atoms with E-state index in [2.05, 4.69) is 51.0 Å². The monoisotopic (exact) mass is 230 g/mol. The first-order chi connectivity index (χ1) is 7.95. The summed E-state index contributed by atoms with van der Waals surface area (Å²) in [5.41, 5.74) is 11.1. The number of nitrogens with one attached hydrogen (secondary N) is 1. The van der Waals surface area contributed by atoms with Crippen LogP contribution in [0, 0.1) is 13.8 Å². The normalized spacial score (nSPS) is 12.3. The maximum absolute atomic E-state index is 5.71. The highest BCUT2D eigenvalue weighted by atomic mass is 14.7. The highest BCUT2D eigenvalue weighted by Crippen LogP contribution is 2.34. The molecule has 0 aliphatic carbocycles. The van der Waals surface area contributed by atoms with Crippen molar-refractivity contribution in [2.45, 2.75) is 39.5 Å². The minimum Gasteiger partial charge on any atom is -0.361 e. The van der Waals surface area contributed by atoms with Crippen LogP contribution in [0.25, 0.3) is 10.9 Å². The Morgan fingerprint density at radius 3 is 2.59 bits per heavy atom. The zero-order valence-corrected chi connectivity index (χ0v) is 11.2. The fraction of sp³-hybridized carbons (Fsp3) is 0.467. The number of nitrogens with two attached hydrogens (primary N) is 1. The minimum atomic E-state index is 0.132. The van der Waals surface area contributed by atoms with Gasteiger partial charge in [-0.05, 0) is 49.4 Å². The van der Waals surface area contributed by atoms with Gasteiger partial charge in [-0.15, -0.1) is 0 Å². The van der Waals surface area contributed by atoms with E-state index in [0.29, 0.717) is 0 Å². The van der Waals surface area contributed by atoms with Gasteiger partial charge in [0.25, 0.3) is 0 Å². The van der Waals surface area contributed by atoms with Gasteiger partial charge in [-0.1, -0.05) is 25.5 Å². The van der Waals surface area contributed by atoms with Gasteiger partial charge in [0.15, 0.2) is 0 Å². The number of aromatic amines is 1. The van der Waals surface area contributed by atoms with E-state index in [9.17, 15) is 0 Å². The fourth-order valence-corrected chi connectivity index (χ4v) is 2.65. The molecule has 1 heterocycles. The Morgan fingerprint density at radius 2 is 1.94 bits per heavy atom. The van der Waals surface area contributed by atoms with Gasteiger partial charge in [0.2, 0.25) is 0 Å². The van der Waals surface area contributed by atoms with Gasteiger partial charge in [-0.3, -0.25) is 0 Å². The molecule has 0 saturated carbocycles. The quantitative estimate of drug-likeness (QED) is 0.833. The molecule has 1 aromatic carbocycles. The van der Waals surface area contributed by atoms with Crippen LogP contribution in [0.2, 0.25) is 0 Å². The summed E-state index contributed by atoms with van der Waals surface area (Å²) < 4.78 is 0. The molecule has 0 bridgehead atoms. The maximum atomic E-state index is 5.71. The van der Waals surface area contributed by atoms with Crippen LogP contribution in [0.4, 0.5) is 0 Å². The maximum Gasteiger partial charge on any atom is 0.0486 e. The third-order valence-electron chi connectivity index (χ3n) is 3.63. The summed E-state index contributed by atoms with van der Waals surface area (Å²) in [5.74, 6) is 0. The molecule has 0 fully saturated rings. The van der Waals surface area contributed by atoms with E-state index in [1.54, 1.807) is 0 Å². The topological polar surface area (TPSA) is 41.8 Å². The van der Waals surface area contributed by atoms with Crippen molar-refractivity contribution < 1.29 is 0 Å². The van der Waals surface area contributed by atoms with E-state index in [1.807, 2.05) is 0 Å². The van der Waals surface area contributed by atoms with E-state index in [0.717, 1.165) is 13.0 Å². The number of H-pyrrole nitrogens is 1. The second kappa shape index (κ2) is 4.19. The van der Waals surface area contributed by atoms with Crippen LogP contribution >= 0.6 is 0 Å². The summed E-state index contributed by atoms with van der Waals surface area (Å²) in [6.45, 7) is 9.56. The van der Waals surface area contributed by atoms with E-state index in [4.69, 9.17) is 5.73 Å². The van der Waals surface area contributed by atoms with Crippen molar-refractivity contribution in [2.24, 2.45) is 5.73 Å². The summed E-state index contributed by atoms with van der Waals surface area (Å²) in [6, 6.07) is 4.49. The van der Waals surface area contributed by atoms with Crippen LogP contribution in [0.15, 0.2) is 18.3 Å². The molecule has 0 aliphatic rings. The summed E-state index contributed by atoms with van der Waals surface area (Å²) in [5, 5.41) is 1.35. The molecule has 2 heteroatoms. The van der Waals surface area contributed by atoms with Crippen LogP contribution < -0.4 is 5.73 Å². The second-order valence-corrected chi connectivity index (χ2v) is 5.63. The summed E-state index contributed by atoms with van der Waals surface area (Å²) in [7, 11) is 0. The molecule has 1 aromatic heterocycles. The summed E-state index contributed by atoms with van der Waals surface area (Å²) in [6.07, 6.45) is 3.15. The van der Waals surface area contributed by atoms with Gasteiger partial charge >= 0.3 is 0 Å². The fourth-order valence-electron chi connectivity index (χ4n) is 2.65. The van der Waals surface area contributed by atoms with Crippen molar-refractivity contribution >= 4 is 10.9 Å². The lowest BCUT2D eigenvalue weighted by molar-refractivity contribution is 0.491. The van der Waals surface area contributed by atoms with Crippen LogP contribution in [0.5, 0.6) is 0 Å². The van der Waals surface area contributed by atoms with Gasteiger partial charge in [0, 0.05) is 17.1 Å². The summed E-state index contributed by atoms with van der Waals surface area (Å²) in [4.78, 5) is 3.41. The predicted octanol–water partition coefficient (Wildman–Crippen LogP) is 3.41. The Kier molecular flexibility index (Phi) is 3.00. The van der Waals surface area contributed by atoms with Gasteiger partial charge in [-0.25, -0.2) is 0 Å². The van der Waals surface area contributed by atoms with Crippen LogP contribution in [0.1, 0.15) is 37.0 Å². The van der Waals surface area contributed by atoms with E-state index in [-0.39, 0.29) is 5.41 Å². The number of hydrogen-bond acceptors (Lipinski definition) is 1. The molecule has 2 nitrogen and oxygen atoms in total. The number of aromatic nitrogens is 1. The van der Waals surface area contributed by atoms with E-state index in [1.165, 1.54) is 27.6 Å². The highest BCUT2D eigenvalue weighted by Gasteiger charge is 2.23. The average molecular weight is 230 g/mol. The Labute approximate surface area is 103 Å². The molecule has 3 N–H and O–H groups in total. The van der Waals surface area contributed by atoms with Crippen molar-refractivity contribution in [3.05, 3.63) is 35.0 Å². The zero-order chi connectivity index (χ0) is 12.6. The Morgan fingerprint density at radius 1 is 1.24 bits per heavy atom. The molecule has 0 spiro atoms. The molecule has 0 saturated heterocycles. The molecule has 92 valence electrons. The number of rotatable bonds is 3. The molecule has 2 rings (SSSR count). The Balaban J connectivity index is 2.63. The number of aryl methyl sites for hydroxylation is 2.